The molecule has 1 fully saturated rings. The molecule has 0 unspecified atom stereocenters. The van der Waals surface area contributed by atoms with Gasteiger partial charge in [0.25, 0.3) is 5.91 Å². The lowest BCUT2D eigenvalue weighted by atomic mass is 9.87. The Bertz CT molecular complexity index is 737. The molecule has 26 heavy (non-hydrogen) atoms. The molecule has 1 amide bonds. The van der Waals surface area contributed by atoms with Crippen molar-refractivity contribution in [2.24, 2.45) is 11.7 Å². The van der Waals surface area contributed by atoms with E-state index in [1.54, 1.807) is 6.20 Å². The fourth-order valence-corrected chi connectivity index (χ4v) is 3.36. The number of carbonyl (C=O) groups excluding carboxylic acids is 1. The van der Waals surface area contributed by atoms with Crippen molar-refractivity contribution in [2.45, 2.75) is 52.0 Å². The number of nitrogens with one attached hydrogen (secondary N) is 2. The Morgan fingerprint density at radius 1 is 1.31 bits per heavy atom. The van der Waals surface area contributed by atoms with Crippen LogP contribution in [0.15, 0.2) is 18.6 Å². The van der Waals surface area contributed by atoms with Gasteiger partial charge < -0.3 is 16.4 Å². The van der Waals surface area contributed by atoms with Gasteiger partial charge in [0, 0.05) is 25.5 Å². The van der Waals surface area contributed by atoms with E-state index in [0.717, 1.165) is 31.1 Å². The first-order chi connectivity index (χ1) is 12.7. The monoisotopic (exact) mass is 357 g/mol. The predicted molar refractivity (Wildman–Crippen MR) is 101 cm³/mol. The van der Waals surface area contributed by atoms with Gasteiger partial charge in [-0.1, -0.05) is 32.1 Å². The minimum Gasteiger partial charge on any atom is -0.369 e. The lowest BCUT2D eigenvalue weighted by molar-refractivity contribution is 0.100. The zero-order valence-electron chi connectivity index (χ0n) is 15.2. The normalized spacial score (nSPS) is 15.0. The van der Waals surface area contributed by atoms with Crippen LogP contribution in [0.25, 0.3) is 0 Å². The first-order valence-electron chi connectivity index (χ1n) is 9.36. The highest BCUT2D eigenvalue weighted by molar-refractivity contribution is 5.97. The van der Waals surface area contributed by atoms with Crippen molar-refractivity contribution in [1.29, 1.82) is 0 Å². The molecule has 1 aliphatic rings. The molecule has 0 saturated heterocycles. The van der Waals surface area contributed by atoms with Crippen molar-refractivity contribution in [1.82, 2.24) is 19.7 Å². The molecule has 0 radical (unpaired) electrons. The van der Waals surface area contributed by atoms with E-state index in [1.807, 2.05) is 17.8 Å². The van der Waals surface area contributed by atoms with E-state index in [9.17, 15) is 4.79 Å². The summed E-state index contributed by atoms with van der Waals surface area (Å²) in [4.78, 5) is 20.3. The number of carbonyl (C=O) groups is 1. The van der Waals surface area contributed by atoms with Gasteiger partial charge in [-0.25, -0.2) is 4.98 Å². The van der Waals surface area contributed by atoms with Crippen LogP contribution in [0.3, 0.4) is 0 Å². The van der Waals surface area contributed by atoms with E-state index in [2.05, 4.69) is 25.7 Å². The smallest absolute Gasteiger partial charge is 0.254 e. The first kappa shape index (κ1) is 18.2. The van der Waals surface area contributed by atoms with E-state index >= 15 is 0 Å². The number of aryl methyl sites for hydroxylation is 1. The van der Waals surface area contributed by atoms with Crippen molar-refractivity contribution in [3.63, 3.8) is 0 Å². The predicted octanol–water partition coefficient (Wildman–Crippen LogP) is 2.92. The Balaban J connectivity index is 1.66. The molecule has 3 rings (SSSR count). The fraction of sp³-hybridized carbons (Fsp3) is 0.556. The molecule has 2 aromatic rings. The summed E-state index contributed by atoms with van der Waals surface area (Å²) in [5.41, 5.74) is 6.57. The second-order valence-electron chi connectivity index (χ2n) is 6.75. The van der Waals surface area contributed by atoms with Crippen molar-refractivity contribution in [3.8, 4) is 0 Å². The lowest BCUT2D eigenvalue weighted by Gasteiger charge is -2.21. The van der Waals surface area contributed by atoms with Gasteiger partial charge in [0.05, 0.1) is 17.4 Å². The van der Waals surface area contributed by atoms with Crippen molar-refractivity contribution >= 4 is 23.4 Å². The zero-order valence-corrected chi connectivity index (χ0v) is 15.2. The Morgan fingerprint density at radius 2 is 2.12 bits per heavy atom. The minimum atomic E-state index is -0.532. The highest BCUT2D eigenvalue weighted by atomic mass is 16.1. The Hall–Kier alpha value is -2.64. The Labute approximate surface area is 153 Å². The van der Waals surface area contributed by atoms with Gasteiger partial charge >= 0.3 is 0 Å². The molecule has 140 valence electrons. The summed E-state index contributed by atoms with van der Waals surface area (Å²) < 4.78 is 1.81. The van der Waals surface area contributed by atoms with E-state index < -0.39 is 5.91 Å². The second-order valence-corrected chi connectivity index (χ2v) is 6.75. The second kappa shape index (κ2) is 8.64. The molecule has 0 atom stereocenters. The number of primary amides is 1. The SMILES string of the molecule is CCn1cc(Nc2ncc(C(N)=O)c(NCCC3CCCCC3)n2)cn1. The molecule has 0 bridgehead atoms. The lowest BCUT2D eigenvalue weighted by Crippen LogP contribution is -2.19. The third-order valence-electron chi connectivity index (χ3n) is 4.84. The number of rotatable bonds is 8. The Morgan fingerprint density at radius 3 is 2.81 bits per heavy atom. The maximum atomic E-state index is 11.7. The molecule has 1 saturated carbocycles. The molecular formula is C18H27N7O. The van der Waals surface area contributed by atoms with Gasteiger partial charge in [0.1, 0.15) is 5.82 Å². The Kier molecular flexibility index (Phi) is 6.04. The standard InChI is InChI=1S/C18H27N7O/c1-2-25-12-14(10-22-25)23-18-21-11-15(16(19)26)17(24-18)20-9-8-13-6-4-3-5-7-13/h10-13H,2-9H2,1H3,(H2,19,26)(H2,20,21,23,24). The van der Waals surface area contributed by atoms with E-state index in [1.165, 1.54) is 38.3 Å². The topological polar surface area (TPSA) is 111 Å². The maximum Gasteiger partial charge on any atom is 0.254 e. The van der Waals surface area contributed by atoms with Crippen LogP contribution in [0.4, 0.5) is 17.5 Å². The number of nitrogens with zero attached hydrogens (tertiary/aromatic N) is 4. The first-order valence-corrected chi connectivity index (χ1v) is 9.36. The highest BCUT2D eigenvalue weighted by Gasteiger charge is 2.15. The number of anilines is 3. The molecule has 2 aromatic heterocycles. The van der Waals surface area contributed by atoms with Crippen LogP contribution in [0, 0.1) is 5.92 Å². The number of hydrogen-bond acceptors (Lipinski definition) is 6. The number of amides is 1. The largest absolute Gasteiger partial charge is 0.369 e. The van der Waals surface area contributed by atoms with Gasteiger partial charge in [0.2, 0.25) is 5.95 Å². The van der Waals surface area contributed by atoms with Crippen LogP contribution in [-0.2, 0) is 6.54 Å². The maximum absolute atomic E-state index is 11.7. The molecule has 1 aliphatic carbocycles. The quantitative estimate of drug-likeness (QED) is 0.670. The third kappa shape index (κ3) is 4.71. The highest BCUT2D eigenvalue weighted by Crippen LogP contribution is 2.26. The van der Waals surface area contributed by atoms with Gasteiger partial charge in [-0.2, -0.15) is 10.1 Å². The van der Waals surface area contributed by atoms with Crippen molar-refractivity contribution in [2.75, 3.05) is 17.2 Å². The number of nitrogens with two attached hydrogens (primary N) is 1. The molecular weight excluding hydrogens is 330 g/mol. The molecule has 4 N–H and O–H groups in total. The summed E-state index contributed by atoms with van der Waals surface area (Å²) in [6.45, 7) is 3.58. The summed E-state index contributed by atoms with van der Waals surface area (Å²) in [6.07, 6.45) is 12.7. The van der Waals surface area contributed by atoms with Gasteiger partial charge in [0.15, 0.2) is 0 Å². The van der Waals surface area contributed by atoms with E-state index in [0.29, 0.717) is 17.3 Å². The molecule has 8 heteroatoms. The molecule has 0 aromatic carbocycles. The summed E-state index contributed by atoms with van der Waals surface area (Å²) in [6, 6.07) is 0. The fourth-order valence-electron chi connectivity index (χ4n) is 3.36. The summed E-state index contributed by atoms with van der Waals surface area (Å²) in [5.74, 6) is 1.11. The van der Waals surface area contributed by atoms with Crippen LogP contribution >= 0.6 is 0 Å². The zero-order chi connectivity index (χ0) is 18.4. The molecule has 0 spiro atoms. The minimum absolute atomic E-state index is 0.309. The molecule has 8 nitrogen and oxygen atoms in total. The van der Waals surface area contributed by atoms with Crippen molar-refractivity contribution < 1.29 is 4.79 Å². The molecule has 2 heterocycles. The van der Waals surface area contributed by atoms with E-state index in [4.69, 9.17) is 5.73 Å². The van der Waals surface area contributed by atoms with Gasteiger partial charge in [-0.05, 0) is 19.3 Å². The average Bonchev–Trinajstić information content (AvgIpc) is 3.10. The van der Waals surface area contributed by atoms with Gasteiger partial charge in [-0.15, -0.1) is 0 Å². The van der Waals surface area contributed by atoms with E-state index in [-0.39, 0.29) is 0 Å². The van der Waals surface area contributed by atoms with Gasteiger partial charge in [-0.3, -0.25) is 9.48 Å². The number of aromatic nitrogens is 4. The average molecular weight is 357 g/mol. The molecule has 0 aliphatic heterocycles. The summed E-state index contributed by atoms with van der Waals surface area (Å²) >= 11 is 0. The van der Waals surface area contributed by atoms with Crippen LogP contribution in [0.5, 0.6) is 0 Å². The van der Waals surface area contributed by atoms with Crippen LogP contribution in [-0.4, -0.2) is 32.2 Å². The van der Waals surface area contributed by atoms with Crippen LogP contribution in [0.2, 0.25) is 0 Å². The van der Waals surface area contributed by atoms with Crippen LogP contribution < -0.4 is 16.4 Å². The number of hydrogen-bond donors (Lipinski definition) is 3. The third-order valence-corrected chi connectivity index (χ3v) is 4.84. The summed E-state index contributed by atoms with van der Waals surface area (Å²) in [5, 5.41) is 10.6. The van der Waals surface area contributed by atoms with Crippen LogP contribution in [0.1, 0.15) is 55.8 Å². The summed E-state index contributed by atoms with van der Waals surface area (Å²) in [7, 11) is 0. The van der Waals surface area contributed by atoms with Crippen molar-refractivity contribution in [3.05, 3.63) is 24.2 Å².